The molecule has 0 aliphatic heterocycles. The minimum absolute atomic E-state index is 0.0848. The Kier molecular flexibility index (Phi) is 3.89. The topological polar surface area (TPSA) is 96.0 Å². The second kappa shape index (κ2) is 5.62. The number of non-ortho nitro benzene ring substituents is 1. The number of nitrogens with zero attached hydrogens (tertiary/aromatic N) is 2. The lowest BCUT2D eigenvalue weighted by atomic mass is 10.1. The van der Waals surface area contributed by atoms with Gasteiger partial charge in [0.05, 0.1) is 10.6 Å². The predicted octanol–water partition coefficient (Wildman–Crippen LogP) is 3.37. The summed E-state index contributed by atoms with van der Waals surface area (Å²) in [6.07, 6.45) is 1.37. The van der Waals surface area contributed by atoms with Crippen molar-refractivity contribution in [2.24, 2.45) is 4.99 Å². The summed E-state index contributed by atoms with van der Waals surface area (Å²) in [5, 5.41) is 29.9. The summed E-state index contributed by atoms with van der Waals surface area (Å²) in [6, 6.07) is 6.89. The van der Waals surface area contributed by atoms with E-state index in [2.05, 4.69) is 4.99 Å². The van der Waals surface area contributed by atoms with Gasteiger partial charge in [0.15, 0.2) is 0 Å². The molecule has 2 aromatic carbocycles. The van der Waals surface area contributed by atoms with E-state index in [0.29, 0.717) is 5.69 Å². The number of nitro benzene ring substituents is 1. The van der Waals surface area contributed by atoms with Gasteiger partial charge in [0.25, 0.3) is 5.69 Å². The van der Waals surface area contributed by atoms with Gasteiger partial charge in [0.2, 0.25) is 0 Å². The lowest BCUT2D eigenvalue weighted by molar-refractivity contribution is -0.384. The van der Waals surface area contributed by atoms with Gasteiger partial charge in [-0.05, 0) is 43.2 Å². The standard InChI is InChI=1S/C15H14N2O4/c1-9-5-13(18)6-10(2)15(9)16-8-11-7-12(17(20)21)3-4-14(11)19/h3-8,18-19H,1-2H3. The minimum atomic E-state index is -0.534. The van der Waals surface area contributed by atoms with Crippen LogP contribution >= 0.6 is 0 Å². The molecule has 6 heteroatoms. The Balaban J connectivity index is 2.42. The molecule has 2 rings (SSSR count). The van der Waals surface area contributed by atoms with Crippen molar-refractivity contribution in [1.82, 2.24) is 0 Å². The second-order valence-corrected chi connectivity index (χ2v) is 4.69. The largest absolute Gasteiger partial charge is 0.508 e. The summed E-state index contributed by atoms with van der Waals surface area (Å²) in [5.41, 5.74) is 2.34. The molecule has 0 unspecified atom stereocenters. The Bertz CT molecular complexity index is 715. The molecule has 0 aromatic heterocycles. The lowest BCUT2D eigenvalue weighted by Crippen LogP contribution is -1.91. The maximum atomic E-state index is 10.7. The van der Waals surface area contributed by atoms with Gasteiger partial charge in [0, 0.05) is 23.9 Å². The number of aliphatic imine (C=N–C) groups is 1. The molecule has 0 spiro atoms. The average Bonchev–Trinajstić information content (AvgIpc) is 2.39. The van der Waals surface area contributed by atoms with Crippen LogP contribution in [0.1, 0.15) is 16.7 Å². The molecule has 0 saturated carbocycles. The van der Waals surface area contributed by atoms with Gasteiger partial charge >= 0.3 is 0 Å². The van der Waals surface area contributed by atoms with E-state index in [1.807, 2.05) is 0 Å². The molecular formula is C15H14N2O4. The summed E-state index contributed by atoms with van der Waals surface area (Å²) in [5.74, 6) is 0.0700. The highest BCUT2D eigenvalue weighted by molar-refractivity contribution is 5.87. The SMILES string of the molecule is Cc1cc(O)cc(C)c1N=Cc1cc([N+](=O)[O-])ccc1O. The molecule has 2 aromatic rings. The van der Waals surface area contributed by atoms with E-state index in [1.165, 1.54) is 24.4 Å². The maximum absolute atomic E-state index is 10.7. The molecule has 21 heavy (non-hydrogen) atoms. The van der Waals surface area contributed by atoms with Crippen LogP contribution in [0.4, 0.5) is 11.4 Å². The number of phenols is 2. The fraction of sp³-hybridized carbons (Fsp3) is 0.133. The third-order valence-corrected chi connectivity index (χ3v) is 3.03. The van der Waals surface area contributed by atoms with Crippen molar-refractivity contribution in [3.05, 3.63) is 57.1 Å². The zero-order valence-electron chi connectivity index (χ0n) is 11.6. The van der Waals surface area contributed by atoms with Gasteiger partial charge in [0.1, 0.15) is 11.5 Å². The summed E-state index contributed by atoms with van der Waals surface area (Å²) < 4.78 is 0. The fourth-order valence-electron chi connectivity index (χ4n) is 2.03. The first-order chi connectivity index (χ1) is 9.88. The Morgan fingerprint density at radius 2 is 1.76 bits per heavy atom. The highest BCUT2D eigenvalue weighted by Gasteiger charge is 2.09. The first-order valence-corrected chi connectivity index (χ1v) is 6.20. The van der Waals surface area contributed by atoms with E-state index in [4.69, 9.17) is 0 Å². The molecule has 0 saturated heterocycles. The number of phenolic OH excluding ortho intramolecular Hbond substituents is 2. The van der Waals surface area contributed by atoms with E-state index in [0.717, 1.165) is 11.1 Å². The Morgan fingerprint density at radius 1 is 1.14 bits per heavy atom. The maximum Gasteiger partial charge on any atom is 0.270 e. The number of aromatic hydroxyl groups is 2. The Morgan fingerprint density at radius 3 is 2.33 bits per heavy atom. The van der Waals surface area contributed by atoms with Crippen molar-refractivity contribution >= 4 is 17.6 Å². The first kappa shape index (κ1) is 14.5. The molecule has 0 aliphatic rings. The van der Waals surface area contributed by atoms with Gasteiger partial charge in [-0.2, -0.15) is 0 Å². The third-order valence-electron chi connectivity index (χ3n) is 3.03. The first-order valence-electron chi connectivity index (χ1n) is 6.20. The van der Waals surface area contributed by atoms with Gasteiger partial charge in [-0.3, -0.25) is 15.1 Å². The third kappa shape index (κ3) is 3.17. The summed E-state index contributed by atoms with van der Waals surface area (Å²) >= 11 is 0. The predicted molar refractivity (Wildman–Crippen MR) is 79.6 cm³/mol. The van der Waals surface area contributed by atoms with Crippen LogP contribution in [-0.4, -0.2) is 21.4 Å². The molecule has 0 atom stereocenters. The number of nitro groups is 1. The van der Waals surface area contributed by atoms with Crippen LogP contribution in [0.3, 0.4) is 0 Å². The van der Waals surface area contributed by atoms with E-state index in [9.17, 15) is 20.3 Å². The number of benzene rings is 2. The van der Waals surface area contributed by atoms with E-state index in [1.54, 1.807) is 26.0 Å². The average molecular weight is 286 g/mol. The van der Waals surface area contributed by atoms with Crippen molar-refractivity contribution in [2.45, 2.75) is 13.8 Å². The smallest absolute Gasteiger partial charge is 0.270 e. The Labute approximate surface area is 121 Å². The minimum Gasteiger partial charge on any atom is -0.508 e. The van der Waals surface area contributed by atoms with Gasteiger partial charge in [-0.25, -0.2) is 0 Å². The number of aryl methyl sites for hydroxylation is 2. The molecule has 0 bridgehead atoms. The molecule has 0 amide bonds. The van der Waals surface area contributed by atoms with Crippen LogP contribution in [0, 0.1) is 24.0 Å². The van der Waals surface area contributed by atoms with Gasteiger partial charge in [-0.1, -0.05) is 0 Å². The normalized spacial score (nSPS) is 11.0. The highest BCUT2D eigenvalue weighted by atomic mass is 16.6. The van der Waals surface area contributed by atoms with E-state index in [-0.39, 0.29) is 22.7 Å². The van der Waals surface area contributed by atoms with Crippen LogP contribution in [0.25, 0.3) is 0 Å². The zero-order valence-corrected chi connectivity index (χ0v) is 11.6. The van der Waals surface area contributed by atoms with Crippen LogP contribution in [-0.2, 0) is 0 Å². The monoisotopic (exact) mass is 286 g/mol. The summed E-state index contributed by atoms with van der Waals surface area (Å²) in [4.78, 5) is 14.5. The number of hydrogen-bond donors (Lipinski definition) is 2. The molecule has 108 valence electrons. The fourth-order valence-corrected chi connectivity index (χ4v) is 2.03. The van der Waals surface area contributed by atoms with Crippen molar-refractivity contribution in [3.8, 4) is 11.5 Å². The molecule has 0 radical (unpaired) electrons. The van der Waals surface area contributed by atoms with Crippen molar-refractivity contribution in [3.63, 3.8) is 0 Å². The Hall–Kier alpha value is -2.89. The quantitative estimate of drug-likeness (QED) is 0.513. The van der Waals surface area contributed by atoms with Gasteiger partial charge < -0.3 is 10.2 Å². The molecule has 2 N–H and O–H groups in total. The van der Waals surface area contributed by atoms with Crippen molar-refractivity contribution in [1.29, 1.82) is 0 Å². The highest BCUT2D eigenvalue weighted by Crippen LogP contribution is 2.29. The van der Waals surface area contributed by atoms with Crippen LogP contribution in [0.15, 0.2) is 35.3 Å². The second-order valence-electron chi connectivity index (χ2n) is 4.69. The van der Waals surface area contributed by atoms with Crippen LogP contribution in [0.2, 0.25) is 0 Å². The zero-order chi connectivity index (χ0) is 15.6. The number of rotatable bonds is 3. The van der Waals surface area contributed by atoms with Crippen LogP contribution in [0.5, 0.6) is 11.5 Å². The molecule has 0 aliphatic carbocycles. The lowest BCUT2D eigenvalue weighted by Gasteiger charge is -2.06. The molecule has 0 fully saturated rings. The van der Waals surface area contributed by atoms with Crippen molar-refractivity contribution in [2.75, 3.05) is 0 Å². The molecule has 0 heterocycles. The van der Waals surface area contributed by atoms with Crippen molar-refractivity contribution < 1.29 is 15.1 Å². The summed E-state index contributed by atoms with van der Waals surface area (Å²) in [6.45, 7) is 3.60. The molecular weight excluding hydrogens is 272 g/mol. The van der Waals surface area contributed by atoms with Crippen LogP contribution < -0.4 is 0 Å². The van der Waals surface area contributed by atoms with E-state index < -0.39 is 4.92 Å². The van der Waals surface area contributed by atoms with Gasteiger partial charge in [-0.15, -0.1) is 0 Å². The summed E-state index contributed by atoms with van der Waals surface area (Å²) in [7, 11) is 0. The van der Waals surface area contributed by atoms with E-state index >= 15 is 0 Å². The number of hydrogen-bond acceptors (Lipinski definition) is 5. The molecule has 6 nitrogen and oxygen atoms in total.